The topological polar surface area (TPSA) is 107 Å². The number of hydrogen-bond acceptors (Lipinski definition) is 4. The van der Waals surface area contributed by atoms with Crippen LogP contribution in [0.25, 0.3) is 34.4 Å². The predicted molar refractivity (Wildman–Crippen MR) is 217 cm³/mol. The predicted octanol–water partition coefficient (Wildman–Crippen LogP) is 11.0. The van der Waals surface area contributed by atoms with Crippen LogP contribution in [0.2, 0.25) is 0 Å². The summed E-state index contributed by atoms with van der Waals surface area (Å²) in [7, 11) is -4.49. The van der Waals surface area contributed by atoms with Gasteiger partial charge in [0.1, 0.15) is 4.90 Å². The third-order valence-electron chi connectivity index (χ3n) is 9.74. The highest BCUT2D eigenvalue weighted by atomic mass is 32.2. The van der Waals surface area contributed by atoms with Crippen LogP contribution in [-0.4, -0.2) is 34.9 Å². The molecule has 0 bridgehead atoms. The molecule has 4 aliphatic rings. The van der Waals surface area contributed by atoms with Crippen LogP contribution in [0, 0.1) is 31.2 Å². The maximum atomic E-state index is 13.5. The molecular formula is C45H44N2O5S. The van der Waals surface area contributed by atoms with Crippen molar-refractivity contribution in [1.82, 2.24) is 0 Å². The van der Waals surface area contributed by atoms with Crippen LogP contribution in [0.5, 0.6) is 0 Å². The molecule has 2 aromatic rings. The van der Waals surface area contributed by atoms with Gasteiger partial charge in [-0.15, -0.1) is 0 Å². The lowest BCUT2D eigenvalue weighted by molar-refractivity contribution is -0.354. The Bertz CT molecular complexity index is 2490. The lowest BCUT2D eigenvalue weighted by Gasteiger charge is -2.06. The van der Waals surface area contributed by atoms with Gasteiger partial charge in [-0.3, -0.25) is 4.55 Å². The molecule has 1 N–H and O–H groups in total. The number of fused-ring (bicyclic) bond motifs is 2. The van der Waals surface area contributed by atoms with Crippen molar-refractivity contribution in [1.29, 1.82) is 0 Å². The Hall–Kier alpha value is -5.57. The number of hydrogen-bond donors (Lipinski definition) is 1. The number of benzene rings is 2. The maximum Gasteiger partial charge on any atom is 0.294 e. The van der Waals surface area contributed by atoms with Crippen molar-refractivity contribution >= 4 is 46.1 Å². The molecule has 0 saturated heterocycles. The van der Waals surface area contributed by atoms with E-state index in [1.165, 1.54) is 30.0 Å². The van der Waals surface area contributed by atoms with Crippen LogP contribution < -0.4 is 0 Å². The fourth-order valence-corrected chi connectivity index (χ4v) is 7.31. The van der Waals surface area contributed by atoms with Crippen molar-refractivity contribution in [2.45, 2.75) is 65.2 Å². The summed E-state index contributed by atoms with van der Waals surface area (Å²) >= 11 is 0. The number of aryl methyl sites for hydroxylation is 3. The van der Waals surface area contributed by atoms with Gasteiger partial charge >= 0.3 is 0 Å². The Kier molecular flexibility index (Phi) is 10.4. The van der Waals surface area contributed by atoms with Crippen LogP contribution >= 0.6 is 0 Å². The van der Waals surface area contributed by atoms with Gasteiger partial charge in [-0.25, -0.2) is 0 Å². The Balaban J connectivity index is 1.53. The van der Waals surface area contributed by atoms with E-state index in [9.17, 15) is 23.4 Å². The summed E-state index contributed by atoms with van der Waals surface area (Å²) in [6.45, 7) is 14.7. The van der Waals surface area contributed by atoms with Gasteiger partial charge in [0.2, 0.25) is 11.4 Å². The Morgan fingerprint density at radius 2 is 1.04 bits per heavy atom. The zero-order valence-corrected chi connectivity index (χ0v) is 31.9. The SMILES string of the molecule is Cc1cccc(/[N+]([O-])=C/c2cc(/C=C/c3cc(/C=[N+](\[O-])c4cccc(S(=O)(=O)O)c4)c4cc(C(C)C)ccc(C)c3-4)c3c(C)ccc(C(C)C)cc2-3)c1. The molecule has 0 fully saturated rings. The van der Waals surface area contributed by atoms with Crippen LogP contribution in [0.1, 0.15) is 89.6 Å². The second-order valence-electron chi connectivity index (χ2n) is 14.4. The highest BCUT2D eigenvalue weighted by molar-refractivity contribution is 7.85. The van der Waals surface area contributed by atoms with Crippen LogP contribution in [-0.2, 0) is 10.1 Å². The smallest absolute Gasteiger partial charge is 0.294 e. The number of nitrogens with zero attached hydrogens (tertiary/aromatic N) is 2. The van der Waals surface area contributed by atoms with Gasteiger partial charge in [-0.05, 0) is 112 Å². The quantitative estimate of drug-likeness (QED) is 0.0525. The van der Waals surface area contributed by atoms with Gasteiger partial charge in [0.05, 0.1) is 0 Å². The molecule has 0 amide bonds. The van der Waals surface area contributed by atoms with Crippen LogP contribution in [0.15, 0.2) is 102 Å². The molecule has 0 heterocycles. The van der Waals surface area contributed by atoms with E-state index < -0.39 is 10.1 Å². The Labute approximate surface area is 312 Å². The minimum Gasteiger partial charge on any atom is -0.618 e. The Morgan fingerprint density at radius 3 is 1.47 bits per heavy atom. The third-order valence-corrected chi connectivity index (χ3v) is 10.6. The minimum absolute atomic E-state index is 0.0712. The van der Waals surface area contributed by atoms with Crippen LogP contribution in [0.4, 0.5) is 11.4 Å². The summed E-state index contributed by atoms with van der Waals surface area (Å²) in [6.07, 6.45) is 7.23. The van der Waals surface area contributed by atoms with E-state index in [4.69, 9.17) is 0 Å². The van der Waals surface area contributed by atoms with E-state index in [1.807, 2.05) is 37.3 Å². The molecule has 8 heteroatoms. The monoisotopic (exact) mass is 724 g/mol. The molecule has 4 aliphatic carbocycles. The highest BCUT2D eigenvalue weighted by Gasteiger charge is 2.22. The van der Waals surface area contributed by atoms with Gasteiger partial charge in [0.25, 0.3) is 10.1 Å². The molecule has 2 aromatic carbocycles. The molecule has 0 aromatic heterocycles. The Morgan fingerprint density at radius 1 is 0.585 bits per heavy atom. The van der Waals surface area contributed by atoms with Crippen molar-refractivity contribution in [3.8, 4) is 22.3 Å². The molecule has 0 unspecified atom stereocenters. The second-order valence-corrected chi connectivity index (χ2v) is 15.8. The fraction of sp³-hybridized carbons (Fsp3) is 0.200. The van der Waals surface area contributed by atoms with Crippen molar-refractivity contribution in [2.75, 3.05) is 0 Å². The zero-order valence-electron chi connectivity index (χ0n) is 31.1. The molecule has 0 atom stereocenters. The first-order valence-electron chi connectivity index (χ1n) is 17.7. The summed E-state index contributed by atoms with van der Waals surface area (Å²) in [4.78, 5) is -0.355. The van der Waals surface area contributed by atoms with Gasteiger partial charge in [-0.2, -0.15) is 17.9 Å². The van der Waals surface area contributed by atoms with Gasteiger partial charge in [0.15, 0.2) is 12.4 Å². The molecular weight excluding hydrogens is 681 g/mol. The summed E-state index contributed by atoms with van der Waals surface area (Å²) in [5.41, 5.74) is 13.3. The van der Waals surface area contributed by atoms with Gasteiger partial charge < -0.3 is 10.4 Å². The lowest BCUT2D eigenvalue weighted by Crippen LogP contribution is -2.02. The van der Waals surface area contributed by atoms with Crippen LogP contribution in [0.3, 0.4) is 0 Å². The fourth-order valence-electron chi connectivity index (χ4n) is 6.79. The molecule has 53 heavy (non-hydrogen) atoms. The largest absolute Gasteiger partial charge is 0.618 e. The first kappa shape index (κ1) is 37.2. The molecule has 0 spiro atoms. The molecule has 6 rings (SSSR count). The summed E-state index contributed by atoms with van der Waals surface area (Å²) < 4.78 is 34.7. The van der Waals surface area contributed by atoms with E-state index in [-0.39, 0.29) is 22.4 Å². The van der Waals surface area contributed by atoms with E-state index in [0.29, 0.717) is 16.0 Å². The van der Waals surface area contributed by atoms with E-state index >= 15 is 0 Å². The van der Waals surface area contributed by atoms with E-state index in [2.05, 4.69) is 96.2 Å². The molecule has 0 aliphatic heterocycles. The second kappa shape index (κ2) is 14.8. The third kappa shape index (κ3) is 7.94. The summed E-state index contributed by atoms with van der Waals surface area (Å²) in [6, 6.07) is 29.6. The van der Waals surface area contributed by atoms with Crippen molar-refractivity contribution < 1.29 is 22.4 Å². The molecule has 270 valence electrons. The summed E-state index contributed by atoms with van der Waals surface area (Å²) in [5, 5.41) is 27.0. The average molecular weight is 725 g/mol. The lowest BCUT2D eigenvalue weighted by atomic mass is 9.99. The normalized spacial score (nSPS) is 12.9. The molecule has 0 saturated carbocycles. The standard InChI is InChI=1S/C45H44N2O5S/c1-28(2)33-16-14-31(6)44-35(21-37(42(44)23-33)26-46(48)39-11-8-10-30(5)20-39)18-19-36-22-38(43-24-34(29(3)4)17-15-32(7)45(36)43)27-47(49)40-12-9-13-41(25-40)53(50,51)52/h8-29H,1-7H3,(H,50,51,52)/b19-18+,46-26-,47-27-. The summed E-state index contributed by atoms with van der Waals surface area (Å²) in [5.74, 6) is 0.513. The highest BCUT2D eigenvalue weighted by Crippen LogP contribution is 2.40. The van der Waals surface area contributed by atoms with Gasteiger partial charge in [0, 0.05) is 35.4 Å². The zero-order chi connectivity index (χ0) is 38.2. The minimum atomic E-state index is -4.49. The van der Waals surface area contributed by atoms with Crippen molar-refractivity contribution in [3.05, 3.63) is 158 Å². The van der Waals surface area contributed by atoms with Crippen molar-refractivity contribution in [2.24, 2.45) is 0 Å². The first-order valence-corrected chi connectivity index (χ1v) is 19.1. The molecule has 7 nitrogen and oxygen atoms in total. The first-order chi connectivity index (χ1) is 25.1. The van der Waals surface area contributed by atoms with Gasteiger partial charge in [-0.1, -0.05) is 94.4 Å². The average Bonchev–Trinajstić information content (AvgIpc) is 3.47. The van der Waals surface area contributed by atoms with E-state index in [1.54, 1.807) is 6.21 Å². The maximum absolute atomic E-state index is 13.5. The molecule has 0 radical (unpaired) electrons. The van der Waals surface area contributed by atoms with E-state index in [0.717, 1.165) is 72.0 Å². The number of rotatable bonds is 9. The van der Waals surface area contributed by atoms with Crippen molar-refractivity contribution in [3.63, 3.8) is 0 Å².